The number of hydrogen-bond acceptors (Lipinski definition) is 1. The van der Waals surface area contributed by atoms with Gasteiger partial charge in [0.25, 0.3) is 0 Å². The first-order valence-electron chi connectivity index (χ1n) is 6.35. The lowest BCUT2D eigenvalue weighted by Crippen LogP contribution is -2.08. The van der Waals surface area contributed by atoms with Gasteiger partial charge in [0.15, 0.2) is 0 Å². The van der Waals surface area contributed by atoms with Gasteiger partial charge in [-0.05, 0) is 39.0 Å². The Hall–Kier alpha value is -0.300. The van der Waals surface area contributed by atoms with E-state index in [0.29, 0.717) is 0 Å². The second kappa shape index (κ2) is 10.2. The molecule has 0 amide bonds. The maximum absolute atomic E-state index is 5.28. The molecule has 0 bridgehead atoms. The minimum absolute atomic E-state index is 0.761. The lowest BCUT2D eigenvalue weighted by Gasteiger charge is -2.15. The third-order valence-electron chi connectivity index (χ3n) is 3.06. The summed E-state index contributed by atoms with van der Waals surface area (Å²) >= 11 is 0. The zero-order valence-corrected chi connectivity index (χ0v) is 11.0. The first kappa shape index (κ1) is 14.7. The Morgan fingerprint density at radius 2 is 2.00 bits per heavy atom. The van der Waals surface area contributed by atoms with Crippen molar-refractivity contribution < 1.29 is 4.74 Å². The maximum Gasteiger partial charge on any atom is 0.0490 e. The molecule has 1 nitrogen and oxygen atoms in total. The van der Waals surface area contributed by atoms with Gasteiger partial charge in [0.05, 0.1) is 0 Å². The van der Waals surface area contributed by atoms with Crippen LogP contribution in [0, 0.1) is 5.92 Å². The summed E-state index contributed by atoms with van der Waals surface area (Å²) in [4.78, 5) is 0. The van der Waals surface area contributed by atoms with Crippen LogP contribution in [0.1, 0.15) is 59.3 Å². The molecule has 0 saturated heterocycles. The molecule has 1 heteroatoms. The summed E-state index contributed by atoms with van der Waals surface area (Å²) in [6, 6.07) is 0. The van der Waals surface area contributed by atoms with Gasteiger partial charge in [0.2, 0.25) is 0 Å². The van der Waals surface area contributed by atoms with Gasteiger partial charge in [-0.2, -0.15) is 0 Å². The molecule has 1 atom stereocenters. The third-order valence-corrected chi connectivity index (χ3v) is 3.06. The lowest BCUT2D eigenvalue weighted by molar-refractivity contribution is 0.142. The quantitative estimate of drug-likeness (QED) is 0.401. The van der Waals surface area contributed by atoms with Crippen LogP contribution < -0.4 is 0 Å². The summed E-state index contributed by atoms with van der Waals surface area (Å²) in [5.74, 6) is 0.761. The first-order valence-corrected chi connectivity index (χ1v) is 6.35. The van der Waals surface area contributed by atoms with Gasteiger partial charge >= 0.3 is 0 Å². The van der Waals surface area contributed by atoms with Crippen LogP contribution >= 0.6 is 0 Å². The van der Waals surface area contributed by atoms with Crippen LogP contribution in [0.25, 0.3) is 0 Å². The van der Waals surface area contributed by atoms with E-state index in [1.807, 2.05) is 7.11 Å². The molecule has 0 aliphatic heterocycles. The van der Waals surface area contributed by atoms with Crippen molar-refractivity contribution >= 4 is 0 Å². The summed E-state index contributed by atoms with van der Waals surface area (Å²) in [7, 11) is 1.81. The van der Waals surface area contributed by atoms with Crippen molar-refractivity contribution in [3.05, 3.63) is 11.6 Å². The van der Waals surface area contributed by atoms with Gasteiger partial charge in [-0.3, -0.25) is 0 Å². The Labute approximate surface area is 95.9 Å². The molecular weight excluding hydrogens is 184 g/mol. The van der Waals surface area contributed by atoms with Crippen LogP contribution in [-0.2, 0) is 4.74 Å². The van der Waals surface area contributed by atoms with Crippen LogP contribution in [0.15, 0.2) is 11.6 Å². The van der Waals surface area contributed by atoms with Crippen LogP contribution in [-0.4, -0.2) is 13.7 Å². The van der Waals surface area contributed by atoms with E-state index in [4.69, 9.17) is 4.74 Å². The van der Waals surface area contributed by atoms with Crippen molar-refractivity contribution in [1.29, 1.82) is 0 Å². The molecule has 0 rings (SSSR count). The van der Waals surface area contributed by atoms with E-state index in [1.54, 1.807) is 0 Å². The average molecular weight is 212 g/mol. The Morgan fingerprint density at radius 3 is 2.53 bits per heavy atom. The van der Waals surface area contributed by atoms with E-state index in [0.717, 1.165) is 12.5 Å². The minimum Gasteiger partial charge on any atom is -0.384 e. The summed E-state index contributed by atoms with van der Waals surface area (Å²) in [6.45, 7) is 7.53. The van der Waals surface area contributed by atoms with E-state index in [1.165, 1.54) is 44.1 Å². The first-order chi connectivity index (χ1) is 7.24. The molecule has 0 aromatic heterocycles. The fourth-order valence-electron chi connectivity index (χ4n) is 1.81. The van der Waals surface area contributed by atoms with Gasteiger partial charge in [-0.15, -0.1) is 0 Å². The Kier molecular flexibility index (Phi) is 10.0. The monoisotopic (exact) mass is 212 g/mol. The molecule has 0 spiro atoms. The Morgan fingerprint density at radius 1 is 1.27 bits per heavy atom. The molecule has 0 saturated carbocycles. The maximum atomic E-state index is 5.28. The Bertz CT molecular complexity index is 161. The van der Waals surface area contributed by atoms with Gasteiger partial charge < -0.3 is 4.74 Å². The summed E-state index contributed by atoms with van der Waals surface area (Å²) < 4.78 is 5.28. The highest BCUT2D eigenvalue weighted by Gasteiger charge is 2.07. The lowest BCUT2D eigenvalue weighted by atomic mass is 9.95. The van der Waals surface area contributed by atoms with Crippen molar-refractivity contribution in [2.24, 2.45) is 5.92 Å². The van der Waals surface area contributed by atoms with Crippen LogP contribution in [0.4, 0.5) is 0 Å². The van der Waals surface area contributed by atoms with E-state index >= 15 is 0 Å². The highest BCUT2D eigenvalue weighted by Crippen LogP contribution is 2.18. The standard InChI is InChI=1S/C14H28O/c1-5-7-8-9-14(12-15-4)11-10-13(3)6-2/h6,14H,5,7-12H2,1-4H3. The summed E-state index contributed by atoms with van der Waals surface area (Å²) in [5, 5.41) is 0. The zero-order valence-electron chi connectivity index (χ0n) is 11.0. The van der Waals surface area contributed by atoms with E-state index in [2.05, 4.69) is 26.8 Å². The predicted octanol–water partition coefficient (Wildman–Crippen LogP) is 4.58. The molecule has 0 heterocycles. The topological polar surface area (TPSA) is 9.23 Å². The number of hydrogen-bond donors (Lipinski definition) is 0. The van der Waals surface area contributed by atoms with Crippen molar-refractivity contribution in [3.8, 4) is 0 Å². The number of rotatable bonds is 9. The second-order valence-electron chi connectivity index (χ2n) is 4.49. The number of ether oxygens (including phenoxy) is 1. The van der Waals surface area contributed by atoms with Gasteiger partial charge in [-0.25, -0.2) is 0 Å². The van der Waals surface area contributed by atoms with E-state index in [-0.39, 0.29) is 0 Å². The fraction of sp³-hybridized carbons (Fsp3) is 0.857. The average Bonchev–Trinajstić information content (AvgIpc) is 2.25. The molecule has 0 N–H and O–H groups in total. The third kappa shape index (κ3) is 8.68. The highest BCUT2D eigenvalue weighted by molar-refractivity contribution is 4.95. The molecule has 0 aliphatic rings. The largest absolute Gasteiger partial charge is 0.384 e. The van der Waals surface area contributed by atoms with Crippen molar-refractivity contribution in [2.45, 2.75) is 59.3 Å². The van der Waals surface area contributed by atoms with E-state index in [9.17, 15) is 0 Å². The van der Waals surface area contributed by atoms with Crippen LogP contribution in [0.5, 0.6) is 0 Å². The minimum atomic E-state index is 0.761. The molecule has 0 radical (unpaired) electrons. The van der Waals surface area contributed by atoms with Gasteiger partial charge in [0.1, 0.15) is 0 Å². The molecule has 0 fully saturated rings. The van der Waals surface area contributed by atoms with Crippen molar-refractivity contribution in [3.63, 3.8) is 0 Å². The van der Waals surface area contributed by atoms with E-state index < -0.39 is 0 Å². The summed E-state index contributed by atoms with van der Waals surface area (Å²) in [5.41, 5.74) is 1.51. The van der Waals surface area contributed by atoms with Gasteiger partial charge in [0, 0.05) is 13.7 Å². The number of unbranched alkanes of at least 4 members (excludes halogenated alkanes) is 2. The predicted molar refractivity (Wildman–Crippen MR) is 68.2 cm³/mol. The zero-order chi connectivity index (χ0) is 11.5. The van der Waals surface area contributed by atoms with Gasteiger partial charge in [-0.1, -0.05) is 37.8 Å². The SMILES string of the molecule is CC=C(C)CCC(CCCCC)COC. The normalized spacial score (nSPS) is 14.3. The molecule has 15 heavy (non-hydrogen) atoms. The highest BCUT2D eigenvalue weighted by atomic mass is 16.5. The molecule has 90 valence electrons. The molecule has 0 aromatic carbocycles. The molecule has 0 aromatic rings. The second-order valence-corrected chi connectivity index (χ2v) is 4.49. The van der Waals surface area contributed by atoms with Crippen molar-refractivity contribution in [2.75, 3.05) is 13.7 Å². The molecular formula is C14H28O. The molecule has 1 unspecified atom stereocenters. The number of methoxy groups -OCH3 is 1. The number of allylic oxidation sites excluding steroid dienone is 2. The molecule has 0 aliphatic carbocycles. The Balaban J connectivity index is 3.72. The van der Waals surface area contributed by atoms with Crippen LogP contribution in [0.2, 0.25) is 0 Å². The summed E-state index contributed by atoms with van der Waals surface area (Å²) in [6.07, 6.45) is 10.1. The van der Waals surface area contributed by atoms with Crippen molar-refractivity contribution in [1.82, 2.24) is 0 Å². The van der Waals surface area contributed by atoms with Crippen LogP contribution in [0.3, 0.4) is 0 Å². The fourth-order valence-corrected chi connectivity index (χ4v) is 1.81. The smallest absolute Gasteiger partial charge is 0.0490 e.